The highest BCUT2D eigenvalue weighted by Gasteiger charge is 2.30. The van der Waals surface area contributed by atoms with Crippen LogP contribution in [0.3, 0.4) is 0 Å². The van der Waals surface area contributed by atoms with Crippen molar-refractivity contribution in [3.05, 3.63) is 82.9 Å². The summed E-state index contributed by atoms with van der Waals surface area (Å²) in [6, 6.07) is 6.95. The fraction of sp³-hybridized carbons (Fsp3) is 0. The number of nitrogen functional groups attached to an aromatic ring is 1. The number of hydrogen-bond acceptors (Lipinski definition) is 23. The number of phenols is 2. The van der Waals surface area contributed by atoms with Gasteiger partial charge in [-0.15, -0.1) is 30.7 Å². The number of hydrogen-bond donors (Lipinski definition) is 9. The van der Waals surface area contributed by atoms with Crippen molar-refractivity contribution < 1.29 is 93.0 Å². The minimum atomic E-state index is -5.61. The van der Waals surface area contributed by atoms with Crippen LogP contribution in [-0.4, -0.2) is 93.0 Å². The predicted molar refractivity (Wildman–Crippen MR) is 227 cm³/mol. The van der Waals surface area contributed by atoms with Gasteiger partial charge in [-0.2, -0.15) is 50.5 Å². The van der Waals surface area contributed by atoms with Crippen LogP contribution in [0.4, 0.5) is 45.5 Å². The Morgan fingerprint density at radius 1 is 0.441 bits per heavy atom. The normalized spacial score (nSPS) is 13.4. The van der Waals surface area contributed by atoms with Crippen LogP contribution in [0.15, 0.2) is 133 Å². The van der Waals surface area contributed by atoms with Crippen molar-refractivity contribution in [3.63, 3.8) is 0 Å². The highest BCUT2D eigenvalue weighted by Crippen LogP contribution is 2.49. The molecule has 358 valence electrons. The number of fused-ring (bicyclic) bond motifs is 2. The van der Waals surface area contributed by atoms with Crippen LogP contribution in [0.1, 0.15) is 0 Å². The molecule has 0 unspecified atom stereocenters. The van der Waals surface area contributed by atoms with E-state index in [9.17, 15) is 98.2 Å². The maximum atomic E-state index is 12.7. The summed E-state index contributed by atoms with van der Waals surface area (Å²) in [6.07, 6.45) is 0. The van der Waals surface area contributed by atoms with Crippen molar-refractivity contribution in [3.8, 4) is 11.5 Å². The van der Waals surface area contributed by atoms with Gasteiger partial charge in [-0.05, 0) is 54.6 Å². The summed E-state index contributed by atoms with van der Waals surface area (Å²) in [5.41, 5.74) is -0.574. The molecule has 6 aromatic carbocycles. The van der Waals surface area contributed by atoms with E-state index in [0.717, 1.165) is 12.1 Å². The van der Waals surface area contributed by atoms with Gasteiger partial charge in [0, 0.05) is 29.0 Å². The number of rotatable bonds is 13. The van der Waals surface area contributed by atoms with Gasteiger partial charge in [0.05, 0.1) is 42.5 Å². The molecule has 0 atom stereocenters. The molecular formula is C32H22N8O22S6. The van der Waals surface area contributed by atoms with Crippen LogP contribution in [0.2, 0.25) is 0 Å². The molecule has 0 fully saturated rings. The molecular weight excluding hydrogens is 1040 g/mol. The Morgan fingerprint density at radius 2 is 0.956 bits per heavy atom. The first kappa shape index (κ1) is 50.3. The summed E-state index contributed by atoms with van der Waals surface area (Å²) in [6.45, 7) is 0. The summed E-state index contributed by atoms with van der Waals surface area (Å²) in [5, 5.41) is 52.5. The van der Waals surface area contributed by atoms with E-state index in [-0.39, 0.29) is 0 Å². The molecule has 0 bridgehead atoms. The van der Waals surface area contributed by atoms with Crippen LogP contribution in [-0.2, 0) is 60.7 Å². The molecule has 6 aromatic rings. The first-order valence-corrected chi connectivity index (χ1v) is 25.7. The lowest BCUT2D eigenvalue weighted by molar-refractivity contribution is -0.385. The van der Waals surface area contributed by atoms with Crippen LogP contribution in [0.5, 0.6) is 11.5 Å². The number of anilines is 1. The Bertz CT molecular complexity index is 4030. The molecule has 68 heavy (non-hydrogen) atoms. The Hall–Kier alpha value is -7.10. The third-order valence-corrected chi connectivity index (χ3v) is 14.1. The maximum absolute atomic E-state index is 12.7. The minimum absolute atomic E-state index is 0.308. The van der Waals surface area contributed by atoms with E-state index >= 15 is 0 Å². The molecule has 30 nitrogen and oxygen atoms in total. The molecule has 0 aliphatic rings. The lowest BCUT2D eigenvalue weighted by atomic mass is 10.0. The second-order valence-electron chi connectivity index (χ2n) is 13.3. The van der Waals surface area contributed by atoms with Crippen molar-refractivity contribution in [2.75, 3.05) is 5.73 Å². The van der Waals surface area contributed by atoms with E-state index < -0.39 is 174 Å². The molecule has 0 aliphatic carbocycles. The molecule has 10 N–H and O–H groups in total. The Labute approximate surface area is 379 Å². The number of nitro benzene ring substituents is 1. The summed E-state index contributed by atoms with van der Waals surface area (Å²) >= 11 is 0. The van der Waals surface area contributed by atoms with Gasteiger partial charge in [0.15, 0.2) is 5.75 Å². The predicted octanol–water partition coefficient (Wildman–Crippen LogP) is 5.62. The molecule has 0 amide bonds. The smallest absolute Gasteiger partial charge is 0.297 e. The topological polar surface area (TPSA) is 510 Å². The van der Waals surface area contributed by atoms with Gasteiger partial charge in [-0.3, -0.25) is 37.4 Å². The number of nitrogens with zero attached hydrogens (tertiary/aromatic N) is 7. The summed E-state index contributed by atoms with van der Waals surface area (Å²) in [7, 11) is -31.8. The molecule has 0 radical (unpaired) electrons. The average Bonchev–Trinajstić information content (AvgIpc) is 3.19. The first-order valence-electron chi connectivity index (χ1n) is 17.0. The summed E-state index contributed by atoms with van der Waals surface area (Å²) < 4.78 is 205. The Kier molecular flexibility index (Phi) is 12.7. The van der Waals surface area contributed by atoms with Crippen LogP contribution >= 0.6 is 0 Å². The second kappa shape index (κ2) is 17.2. The van der Waals surface area contributed by atoms with Gasteiger partial charge in [-0.25, -0.2) is 0 Å². The SMILES string of the molecule is Nc1c(N=Nc2ccc(N=Nc3cc(S(=O)(=O)O)ccc3S(=O)(=O)O)c3cc(S(=O)(=O)O)cc(O)c23)cc(S(=O)(=O)O)c2cc(S(=O)(=O)O)c(N=Nc3ccc([N+](=O)[O-])cc3S(=O)(=O)O)c(O)c12. The Morgan fingerprint density at radius 3 is 1.51 bits per heavy atom. The molecule has 0 saturated carbocycles. The van der Waals surface area contributed by atoms with Crippen molar-refractivity contribution in [2.24, 2.45) is 30.7 Å². The number of aromatic hydroxyl groups is 2. The highest BCUT2D eigenvalue weighted by atomic mass is 32.2. The zero-order valence-electron chi connectivity index (χ0n) is 32.4. The quantitative estimate of drug-likeness (QED) is 0.0223. The number of non-ortho nitro benzene ring substituents is 1. The monoisotopic (exact) mass is 1060 g/mol. The van der Waals surface area contributed by atoms with Crippen LogP contribution < -0.4 is 5.73 Å². The van der Waals surface area contributed by atoms with E-state index in [4.69, 9.17) is 5.73 Å². The first-order chi connectivity index (χ1) is 31.1. The Balaban J connectivity index is 1.60. The lowest BCUT2D eigenvalue weighted by Crippen LogP contribution is -2.04. The third kappa shape index (κ3) is 10.2. The average molecular weight is 1060 g/mol. The van der Waals surface area contributed by atoms with Gasteiger partial charge >= 0.3 is 0 Å². The minimum Gasteiger partial charge on any atom is -0.507 e. The van der Waals surface area contributed by atoms with E-state index in [1.807, 2.05) is 0 Å². The van der Waals surface area contributed by atoms with Gasteiger partial charge in [-0.1, -0.05) is 0 Å². The number of azo groups is 3. The van der Waals surface area contributed by atoms with Gasteiger partial charge in [0.2, 0.25) is 0 Å². The van der Waals surface area contributed by atoms with Crippen molar-refractivity contribution in [2.45, 2.75) is 29.4 Å². The summed E-state index contributed by atoms with van der Waals surface area (Å²) in [5.74, 6) is -2.52. The molecule has 0 heterocycles. The molecule has 36 heteroatoms. The maximum Gasteiger partial charge on any atom is 0.297 e. The van der Waals surface area contributed by atoms with E-state index in [0.29, 0.717) is 60.7 Å². The van der Waals surface area contributed by atoms with Gasteiger partial charge < -0.3 is 15.9 Å². The largest absolute Gasteiger partial charge is 0.507 e. The molecule has 0 spiro atoms. The van der Waals surface area contributed by atoms with E-state index in [1.165, 1.54) is 0 Å². The number of benzene rings is 6. The van der Waals surface area contributed by atoms with Crippen LogP contribution in [0.25, 0.3) is 21.5 Å². The highest BCUT2D eigenvalue weighted by molar-refractivity contribution is 7.87. The number of phenolic OH excluding ortho intramolecular Hbond substituents is 2. The molecule has 0 aliphatic heterocycles. The molecule has 0 saturated heterocycles. The third-order valence-electron chi connectivity index (χ3n) is 8.92. The van der Waals surface area contributed by atoms with Gasteiger partial charge in [0.1, 0.15) is 48.1 Å². The van der Waals surface area contributed by atoms with Crippen molar-refractivity contribution >= 4 is 128 Å². The van der Waals surface area contributed by atoms with Crippen molar-refractivity contribution in [1.82, 2.24) is 0 Å². The second-order valence-corrected chi connectivity index (χ2v) is 21.7. The zero-order valence-corrected chi connectivity index (χ0v) is 37.3. The number of nitrogens with two attached hydrogens (primary N) is 1. The molecule has 6 rings (SSSR count). The number of nitro groups is 1. The fourth-order valence-electron chi connectivity index (χ4n) is 6.00. The van der Waals surface area contributed by atoms with Crippen LogP contribution in [0, 0.1) is 10.1 Å². The molecule has 0 aromatic heterocycles. The van der Waals surface area contributed by atoms with Crippen molar-refractivity contribution in [1.29, 1.82) is 0 Å². The summed E-state index contributed by atoms with van der Waals surface area (Å²) in [4.78, 5) is 3.14. The van der Waals surface area contributed by atoms with E-state index in [2.05, 4.69) is 30.7 Å². The fourth-order valence-corrected chi connectivity index (χ4v) is 9.62. The zero-order chi connectivity index (χ0) is 50.9. The standard InChI is InChI=1S/C32H22N8O22S6/c33-30-22(12-25(66(54,55)56)17-11-27(68(60,61)62)31(32(42)29(17)30)39-35-19-3-1-13(40(43)44)7-26(19)67(57,58)59)38-36-20-5-4-18(16-8-15(64(48,49)50)10-23(41)28(16)20)34-37-21-9-14(63(45,46)47)2-6-24(21)65(51,52)53/h1-12,41-42H,33H2,(H,45,46,47)(H,48,49,50)(H,51,52,53)(H,54,55,56)(H,57,58,59)(H,60,61,62). The van der Waals surface area contributed by atoms with Gasteiger partial charge in [0.25, 0.3) is 66.4 Å². The van der Waals surface area contributed by atoms with E-state index in [1.54, 1.807) is 0 Å². The lowest BCUT2D eigenvalue weighted by Gasteiger charge is -2.14.